The van der Waals surface area contributed by atoms with E-state index in [-0.39, 0.29) is 5.75 Å². The molecule has 0 amide bonds. The minimum atomic E-state index is -3.08. The Balaban J connectivity index is 3.94. The van der Waals surface area contributed by atoms with Crippen molar-refractivity contribution >= 4 is 27.7 Å². The molecular weight excluding hydrogens is 146 g/mol. The van der Waals surface area contributed by atoms with Crippen molar-refractivity contribution in [1.29, 1.82) is 0 Å². The minimum absolute atomic E-state index is 0.0696. The van der Waals surface area contributed by atoms with E-state index in [0.29, 0.717) is 0 Å². The molecule has 0 unspecified atom stereocenters. The summed E-state index contributed by atoms with van der Waals surface area (Å²) in [6.07, 6.45) is 0. The van der Waals surface area contributed by atoms with Crippen LogP contribution >= 0.6 is 12.2 Å². The Bertz CT molecular complexity index is 160. The fraction of sp³-hybridized carbons (Fsp3) is 0.667. The van der Waals surface area contributed by atoms with Gasteiger partial charge in [0.15, 0.2) is 0 Å². The van der Waals surface area contributed by atoms with Gasteiger partial charge in [0.2, 0.25) is 10.0 Å². The third kappa shape index (κ3) is 2.92. The third-order valence-electron chi connectivity index (χ3n) is 0.608. The van der Waals surface area contributed by atoms with Crippen molar-refractivity contribution in [3.05, 3.63) is 0 Å². The summed E-state index contributed by atoms with van der Waals surface area (Å²) >= 11 is 4.25. The molecule has 0 aromatic rings. The fourth-order valence-electron chi connectivity index (χ4n) is 0.157. The lowest BCUT2D eigenvalue weighted by atomic mass is 11.0. The molecule has 0 aliphatic carbocycles. The van der Waals surface area contributed by atoms with Crippen LogP contribution in [0.15, 0.2) is 0 Å². The Kier molecular flexibility index (Phi) is 2.93. The summed E-state index contributed by atoms with van der Waals surface area (Å²) in [5, 5.41) is 0. The molecule has 0 atom stereocenters. The van der Waals surface area contributed by atoms with E-state index in [1.54, 1.807) is 6.92 Å². The second-order valence-electron chi connectivity index (χ2n) is 1.14. The molecule has 0 aromatic heterocycles. The van der Waals surface area contributed by atoms with Gasteiger partial charge >= 0.3 is 0 Å². The van der Waals surface area contributed by atoms with Gasteiger partial charge in [-0.25, -0.2) is 8.42 Å². The predicted octanol–water partition coefficient (Wildman–Crippen LogP) is -0.117. The van der Waals surface area contributed by atoms with Crippen LogP contribution in [-0.2, 0) is 10.0 Å². The second kappa shape index (κ2) is 2.99. The van der Waals surface area contributed by atoms with Crippen molar-refractivity contribution in [2.24, 2.45) is 0 Å². The highest BCUT2D eigenvalue weighted by atomic mass is 32.2. The third-order valence-corrected chi connectivity index (χ3v) is 2.11. The van der Waals surface area contributed by atoms with E-state index in [1.807, 2.05) is 4.72 Å². The van der Waals surface area contributed by atoms with Crippen molar-refractivity contribution in [1.82, 2.24) is 4.72 Å². The molecule has 0 aromatic carbocycles. The lowest BCUT2D eigenvalue weighted by Crippen LogP contribution is -2.22. The van der Waals surface area contributed by atoms with E-state index >= 15 is 0 Å². The largest absolute Gasteiger partial charge is 0.280 e. The molecule has 0 saturated carbocycles. The Hall–Kier alpha value is -0.160. The molecule has 0 heterocycles. The van der Waals surface area contributed by atoms with Crippen LogP contribution < -0.4 is 4.72 Å². The highest BCUT2D eigenvalue weighted by Crippen LogP contribution is 1.76. The predicted molar refractivity (Wildman–Crippen MR) is 36.3 cm³/mol. The van der Waals surface area contributed by atoms with Crippen molar-refractivity contribution in [3.8, 4) is 0 Å². The lowest BCUT2D eigenvalue weighted by Gasteiger charge is -1.94. The lowest BCUT2D eigenvalue weighted by molar-refractivity contribution is 0.594. The summed E-state index contributed by atoms with van der Waals surface area (Å²) < 4.78 is 22.8. The van der Waals surface area contributed by atoms with Gasteiger partial charge < -0.3 is 0 Å². The van der Waals surface area contributed by atoms with Crippen LogP contribution in [0.4, 0.5) is 0 Å². The molecule has 3 nitrogen and oxygen atoms in total. The number of hydrogen-bond acceptors (Lipinski definition) is 3. The molecule has 0 aliphatic rings. The maximum absolute atomic E-state index is 10.4. The van der Waals surface area contributed by atoms with E-state index in [1.165, 1.54) is 0 Å². The summed E-state index contributed by atoms with van der Waals surface area (Å²) in [5.74, 6) is 0.0696. The Morgan fingerprint density at radius 2 is 2.25 bits per heavy atom. The van der Waals surface area contributed by atoms with Crippen LogP contribution in [0, 0.1) is 0 Å². The average Bonchev–Trinajstić information content (AvgIpc) is 1.67. The van der Waals surface area contributed by atoms with Gasteiger partial charge in [0.25, 0.3) is 0 Å². The monoisotopic (exact) mass is 153 g/mol. The van der Waals surface area contributed by atoms with Crippen LogP contribution in [-0.4, -0.2) is 19.7 Å². The zero-order chi connectivity index (χ0) is 6.62. The zero-order valence-electron chi connectivity index (χ0n) is 4.42. The first-order chi connectivity index (χ1) is 3.62. The maximum Gasteiger partial charge on any atom is 0.232 e. The van der Waals surface area contributed by atoms with E-state index < -0.39 is 10.0 Å². The smallest absolute Gasteiger partial charge is 0.232 e. The van der Waals surface area contributed by atoms with E-state index in [0.717, 1.165) is 5.49 Å². The summed E-state index contributed by atoms with van der Waals surface area (Å²) in [7, 11) is -3.08. The van der Waals surface area contributed by atoms with Crippen LogP contribution in [0.2, 0.25) is 0 Å². The molecule has 0 spiro atoms. The Morgan fingerprint density at radius 1 is 1.75 bits per heavy atom. The van der Waals surface area contributed by atoms with Gasteiger partial charge in [0, 0.05) is 0 Å². The van der Waals surface area contributed by atoms with Gasteiger partial charge in [-0.3, -0.25) is 4.72 Å². The molecule has 1 N–H and O–H groups in total. The summed E-state index contributed by atoms with van der Waals surface area (Å²) in [6.45, 7) is 1.54. The van der Waals surface area contributed by atoms with Gasteiger partial charge in [-0.15, -0.1) is 0 Å². The van der Waals surface area contributed by atoms with E-state index in [9.17, 15) is 8.42 Å². The molecule has 8 heavy (non-hydrogen) atoms. The molecule has 0 saturated heterocycles. The average molecular weight is 153 g/mol. The number of thiocarbonyl (C=S) groups is 1. The molecule has 0 fully saturated rings. The van der Waals surface area contributed by atoms with Crippen molar-refractivity contribution in [2.75, 3.05) is 5.75 Å². The molecule has 48 valence electrons. The maximum atomic E-state index is 10.4. The van der Waals surface area contributed by atoms with Crippen LogP contribution in [0.5, 0.6) is 0 Å². The van der Waals surface area contributed by atoms with Crippen LogP contribution in [0.25, 0.3) is 0 Å². The summed E-state index contributed by atoms with van der Waals surface area (Å²) in [5.41, 5.74) is 0.985. The summed E-state index contributed by atoms with van der Waals surface area (Å²) in [4.78, 5) is 0. The van der Waals surface area contributed by atoms with Gasteiger partial charge in [0.05, 0.1) is 11.2 Å². The van der Waals surface area contributed by atoms with Crippen molar-refractivity contribution < 1.29 is 8.42 Å². The van der Waals surface area contributed by atoms with Crippen LogP contribution in [0.3, 0.4) is 0 Å². The first-order valence-corrected chi connectivity index (χ1v) is 4.18. The highest BCUT2D eigenvalue weighted by molar-refractivity contribution is 7.91. The quantitative estimate of drug-likeness (QED) is 0.575. The fourth-order valence-corrected chi connectivity index (χ4v) is 0.910. The minimum Gasteiger partial charge on any atom is -0.280 e. The first-order valence-electron chi connectivity index (χ1n) is 2.06. The molecule has 0 bridgehead atoms. The number of rotatable bonds is 3. The topological polar surface area (TPSA) is 46.2 Å². The number of hydrogen-bond donors (Lipinski definition) is 1. The van der Waals surface area contributed by atoms with E-state index in [4.69, 9.17) is 0 Å². The summed E-state index contributed by atoms with van der Waals surface area (Å²) in [6, 6.07) is 0. The molecule has 0 rings (SSSR count). The van der Waals surface area contributed by atoms with Gasteiger partial charge in [0.1, 0.15) is 0 Å². The Labute approximate surface area is 54.1 Å². The Morgan fingerprint density at radius 3 is 2.38 bits per heavy atom. The van der Waals surface area contributed by atoms with E-state index in [2.05, 4.69) is 12.2 Å². The molecule has 0 aliphatic heterocycles. The first kappa shape index (κ1) is 7.84. The van der Waals surface area contributed by atoms with Gasteiger partial charge in [-0.05, 0) is 6.92 Å². The standard InChI is InChI=1S/C3H7NO2S2/c1-2-8(5,6)4-3-7/h3H,2H2,1H3,(H,4,7). The second-order valence-corrected chi connectivity index (χ2v) is 3.42. The molecule has 5 heteroatoms. The van der Waals surface area contributed by atoms with Gasteiger partial charge in [-0.1, -0.05) is 12.2 Å². The number of sulfonamides is 1. The molecular formula is C3H7NO2S2. The zero-order valence-corrected chi connectivity index (χ0v) is 6.05. The SMILES string of the molecule is CCS(=O)(=O)NC=S. The normalized spacial score (nSPS) is 10.6. The van der Waals surface area contributed by atoms with Gasteiger partial charge in [-0.2, -0.15) is 0 Å². The van der Waals surface area contributed by atoms with Crippen LogP contribution in [0.1, 0.15) is 6.92 Å². The van der Waals surface area contributed by atoms with Crippen molar-refractivity contribution in [2.45, 2.75) is 6.92 Å². The highest BCUT2D eigenvalue weighted by Gasteiger charge is 1.99. The molecule has 0 radical (unpaired) electrons. The van der Waals surface area contributed by atoms with Crippen molar-refractivity contribution in [3.63, 3.8) is 0 Å². The number of nitrogens with one attached hydrogen (secondary N) is 1.